The SMILES string of the molecule is CCCCCc1oc(CCCCCCCCC(=O)OC[C@H](COP(=O)(O)OCCN)OC(=O)CCC/C=C\C/C=C\C/C=C\C/C=C\[C@H](O)CCCC)c(C)c1C. The second kappa shape index (κ2) is 34.1. The van der Waals surface area contributed by atoms with E-state index in [2.05, 4.69) is 52.0 Å². The summed E-state index contributed by atoms with van der Waals surface area (Å²) < 4.78 is 38.9. The minimum Gasteiger partial charge on any atom is -0.466 e. The summed E-state index contributed by atoms with van der Waals surface area (Å²) in [4.78, 5) is 35.0. The predicted molar refractivity (Wildman–Crippen MR) is 229 cm³/mol. The number of carbonyl (C=O) groups is 2. The monoisotopic (exact) mass is 822 g/mol. The number of nitrogens with two attached hydrogens (primary N) is 1. The Morgan fingerprint density at radius 2 is 1.28 bits per heavy atom. The van der Waals surface area contributed by atoms with Gasteiger partial charge in [-0.3, -0.25) is 18.6 Å². The fraction of sp³-hybridized carbons (Fsp3) is 0.689. The summed E-state index contributed by atoms with van der Waals surface area (Å²) in [7, 11) is -4.42. The van der Waals surface area contributed by atoms with Crippen molar-refractivity contribution in [3.8, 4) is 0 Å². The first-order valence-corrected chi connectivity index (χ1v) is 23.1. The molecule has 1 heterocycles. The number of esters is 2. The van der Waals surface area contributed by atoms with Crippen LogP contribution in [0.15, 0.2) is 53.0 Å². The molecule has 4 N–H and O–H groups in total. The van der Waals surface area contributed by atoms with Gasteiger partial charge in [0.1, 0.15) is 18.1 Å². The van der Waals surface area contributed by atoms with Crippen LogP contribution in [0.25, 0.3) is 0 Å². The zero-order chi connectivity index (χ0) is 42.0. The van der Waals surface area contributed by atoms with Crippen LogP contribution in [-0.4, -0.2) is 60.5 Å². The number of allylic oxidation sites excluding steroid dienone is 7. The first-order valence-electron chi connectivity index (χ1n) is 21.6. The number of rotatable bonds is 36. The molecule has 1 aromatic rings. The van der Waals surface area contributed by atoms with Crippen molar-refractivity contribution >= 4 is 19.8 Å². The van der Waals surface area contributed by atoms with E-state index in [1.54, 1.807) is 0 Å². The van der Waals surface area contributed by atoms with Gasteiger partial charge in [-0.15, -0.1) is 0 Å². The molecule has 3 atom stereocenters. The van der Waals surface area contributed by atoms with E-state index in [1.807, 2.05) is 24.3 Å². The first kappa shape index (κ1) is 52.2. The van der Waals surface area contributed by atoms with E-state index in [1.165, 1.54) is 30.4 Å². The van der Waals surface area contributed by atoms with Gasteiger partial charge in [-0.25, -0.2) is 4.57 Å². The number of aliphatic hydroxyl groups excluding tert-OH is 1. The number of carbonyl (C=O) groups excluding carboxylic acids is 2. The van der Waals surface area contributed by atoms with Crippen LogP contribution < -0.4 is 5.73 Å². The summed E-state index contributed by atoms with van der Waals surface area (Å²) in [5.41, 5.74) is 7.93. The summed E-state index contributed by atoms with van der Waals surface area (Å²) in [5, 5.41) is 9.82. The molecule has 0 spiro atoms. The van der Waals surface area contributed by atoms with Crippen LogP contribution >= 0.6 is 7.82 Å². The maximum absolute atomic E-state index is 12.6. The normalized spacial score (nSPS) is 14.3. The number of unbranched alkanes of at least 4 members (excludes halogenated alkanes) is 9. The maximum Gasteiger partial charge on any atom is 0.472 e. The summed E-state index contributed by atoms with van der Waals surface area (Å²) >= 11 is 0. The molecule has 326 valence electrons. The van der Waals surface area contributed by atoms with Gasteiger partial charge in [0.2, 0.25) is 0 Å². The molecular formula is C45H76NO10P. The van der Waals surface area contributed by atoms with Gasteiger partial charge in [-0.05, 0) is 82.8 Å². The zero-order valence-corrected chi connectivity index (χ0v) is 36.5. The molecule has 57 heavy (non-hydrogen) atoms. The Labute approximate surface area is 344 Å². The van der Waals surface area contributed by atoms with E-state index >= 15 is 0 Å². The predicted octanol–water partition coefficient (Wildman–Crippen LogP) is 10.6. The number of aliphatic hydroxyl groups is 1. The van der Waals surface area contributed by atoms with Crippen LogP contribution in [0.5, 0.6) is 0 Å². The molecule has 0 aliphatic heterocycles. The molecule has 0 radical (unpaired) electrons. The summed E-state index contributed by atoms with van der Waals surface area (Å²) in [6.07, 6.45) is 33.2. The van der Waals surface area contributed by atoms with Crippen molar-refractivity contribution in [1.82, 2.24) is 0 Å². The fourth-order valence-electron chi connectivity index (χ4n) is 5.94. The highest BCUT2D eigenvalue weighted by Gasteiger charge is 2.26. The lowest BCUT2D eigenvalue weighted by Crippen LogP contribution is -2.29. The van der Waals surface area contributed by atoms with Crippen LogP contribution in [0.3, 0.4) is 0 Å². The standard InChI is InChI=1S/C45H76NO10P/c1-5-7-23-30-42-38(3)39(4)43(56-42)31-25-20-17-18-21-26-32-44(48)52-36-41(37-54-57(50,51)53-35-34-46)55-45(49)33-27-22-16-14-12-10-9-11-13-15-19-24-29-40(47)28-8-6-2/h9-10,13-16,24,29,40-41,47H,5-8,11-12,17-23,25-28,30-37,46H2,1-4H3,(H,50,51)/b10-9-,15-13-,16-14-,29-24-/t40-,41-/m1/s1. The molecule has 0 fully saturated rings. The molecule has 1 unspecified atom stereocenters. The minimum atomic E-state index is -4.42. The number of furan rings is 1. The number of hydrogen-bond acceptors (Lipinski definition) is 10. The molecule has 0 amide bonds. The van der Waals surface area contributed by atoms with Crippen LogP contribution in [0, 0.1) is 13.8 Å². The Morgan fingerprint density at radius 3 is 1.91 bits per heavy atom. The number of hydrogen-bond donors (Lipinski definition) is 3. The summed E-state index contributed by atoms with van der Waals surface area (Å²) in [6.45, 7) is 7.72. The summed E-state index contributed by atoms with van der Waals surface area (Å²) in [6, 6.07) is 0. The van der Waals surface area contributed by atoms with Crippen molar-refractivity contribution in [2.24, 2.45) is 5.73 Å². The molecule has 0 bridgehead atoms. The Kier molecular flexibility index (Phi) is 31.3. The first-order chi connectivity index (χ1) is 27.5. The molecule has 1 rings (SSSR count). The lowest BCUT2D eigenvalue weighted by Gasteiger charge is -2.19. The van der Waals surface area contributed by atoms with Crippen molar-refractivity contribution in [3.63, 3.8) is 0 Å². The highest BCUT2D eigenvalue weighted by molar-refractivity contribution is 7.47. The smallest absolute Gasteiger partial charge is 0.466 e. The van der Waals surface area contributed by atoms with Gasteiger partial charge >= 0.3 is 19.8 Å². The van der Waals surface area contributed by atoms with Crippen molar-refractivity contribution < 1.29 is 47.1 Å². The molecule has 0 aliphatic carbocycles. The average Bonchev–Trinajstić information content (AvgIpc) is 3.46. The van der Waals surface area contributed by atoms with Gasteiger partial charge in [0.05, 0.1) is 19.3 Å². The molecule has 12 heteroatoms. The van der Waals surface area contributed by atoms with Crippen LogP contribution in [0.4, 0.5) is 0 Å². The average molecular weight is 822 g/mol. The molecule has 0 aromatic carbocycles. The largest absolute Gasteiger partial charge is 0.472 e. The third-order valence-corrected chi connectivity index (χ3v) is 10.5. The molecule has 0 saturated carbocycles. The number of phosphoric acid groups is 1. The Morgan fingerprint density at radius 1 is 0.719 bits per heavy atom. The lowest BCUT2D eigenvalue weighted by molar-refractivity contribution is -0.161. The van der Waals surface area contributed by atoms with E-state index in [9.17, 15) is 24.2 Å². The number of aryl methyl sites for hydroxylation is 2. The quantitative estimate of drug-likeness (QED) is 0.0255. The van der Waals surface area contributed by atoms with Crippen LogP contribution in [-0.2, 0) is 45.5 Å². The van der Waals surface area contributed by atoms with Gasteiger partial charge in [0.15, 0.2) is 6.10 Å². The maximum atomic E-state index is 12.6. The Balaban J connectivity index is 2.34. The van der Waals surface area contributed by atoms with Crippen molar-refractivity contribution in [3.05, 3.63) is 71.3 Å². The van der Waals surface area contributed by atoms with Gasteiger partial charge in [-0.1, -0.05) is 114 Å². The third-order valence-electron chi connectivity index (χ3n) is 9.49. The van der Waals surface area contributed by atoms with E-state index in [-0.39, 0.29) is 38.7 Å². The minimum absolute atomic E-state index is 0.0286. The van der Waals surface area contributed by atoms with Gasteiger partial charge in [0, 0.05) is 32.2 Å². The van der Waals surface area contributed by atoms with E-state index in [4.69, 9.17) is 28.7 Å². The molecular weight excluding hydrogens is 745 g/mol. The molecule has 0 saturated heterocycles. The van der Waals surface area contributed by atoms with E-state index in [0.29, 0.717) is 19.3 Å². The fourth-order valence-corrected chi connectivity index (χ4v) is 6.71. The van der Waals surface area contributed by atoms with E-state index < -0.39 is 32.5 Å². The van der Waals surface area contributed by atoms with Gasteiger partial charge < -0.3 is 29.6 Å². The third kappa shape index (κ3) is 28.3. The molecule has 11 nitrogen and oxygen atoms in total. The van der Waals surface area contributed by atoms with E-state index in [0.717, 1.165) is 95.0 Å². The van der Waals surface area contributed by atoms with Gasteiger partial charge in [0.25, 0.3) is 0 Å². The summed E-state index contributed by atoms with van der Waals surface area (Å²) in [5.74, 6) is 1.31. The molecule has 1 aromatic heterocycles. The van der Waals surface area contributed by atoms with Crippen molar-refractivity contribution in [2.75, 3.05) is 26.4 Å². The van der Waals surface area contributed by atoms with Crippen molar-refractivity contribution in [1.29, 1.82) is 0 Å². The zero-order valence-electron chi connectivity index (χ0n) is 35.6. The highest BCUT2D eigenvalue weighted by atomic mass is 31.2. The number of phosphoric ester groups is 1. The highest BCUT2D eigenvalue weighted by Crippen LogP contribution is 2.43. The lowest BCUT2D eigenvalue weighted by atomic mass is 10.0. The van der Waals surface area contributed by atoms with Crippen molar-refractivity contribution in [2.45, 2.75) is 175 Å². The second-order valence-electron chi connectivity index (χ2n) is 14.6. The number of ether oxygens (including phenoxy) is 2. The van der Waals surface area contributed by atoms with Gasteiger partial charge in [-0.2, -0.15) is 0 Å². The molecule has 0 aliphatic rings. The van der Waals surface area contributed by atoms with Crippen LogP contribution in [0.1, 0.15) is 158 Å². The van der Waals surface area contributed by atoms with Crippen LogP contribution in [0.2, 0.25) is 0 Å². The topological polar surface area (TPSA) is 168 Å². The second-order valence-corrected chi connectivity index (χ2v) is 16.1. The Bertz CT molecular complexity index is 1370. The Hall–Kier alpha value is -2.79.